The molecule has 0 atom stereocenters. The smallest absolute Gasteiger partial charge is 0.255 e. The molecule has 0 aliphatic carbocycles. The van der Waals surface area contributed by atoms with Crippen LogP contribution in [0.5, 0.6) is 11.5 Å². The number of ether oxygens (including phenoxy) is 2. The summed E-state index contributed by atoms with van der Waals surface area (Å²) in [6.07, 6.45) is 3.11. The van der Waals surface area contributed by atoms with Gasteiger partial charge in [0, 0.05) is 17.5 Å². The van der Waals surface area contributed by atoms with E-state index < -0.39 is 5.91 Å². The van der Waals surface area contributed by atoms with E-state index in [-0.39, 0.29) is 18.4 Å². The van der Waals surface area contributed by atoms with E-state index in [1.54, 1.807) is 18.2 Å². The van der Waals surface area contributed by atoms with Crippen LogP contribution in [0.2, 0.25) is 5.02 Å². The van der Waals surface area contributed by atoms with Gasteiger partial charge >= 0.3 is 0 Å². The molecule has 1 aliphatic rings. The summed E-state index contributed by atoms with van der Waals surface area (Å²) < 4.78 is 10.6. The predicted octanol–water partition coefficient (Wildman–Crippen LogP) is 2.58. The van der Waals surface area contributed by atoms with Crippen LogP contribution in [-0.4, -0.2) is 49.7 Å². The molecule has 0 spiro atoms. The van der Waals surface area contributed by atoms with Crippen molar-refractivity contribution in [3.63, 3.8) is 0 Å². The average Bonchev–Trinajstić information content (AvgIpc) is 2.80. The number of likely N-dealkylation sites (tertiary alicyclic amines) is 1. The van der Waals surface area contributed by atoms with Gasteiger partial charge < -0.3 is 15.2 Å². The lowest BCUT2D eigenvalue weighted by Gasteiger charge is -2.30. The van der Waals surface area contributed by atoms with Gasteiger partial charge in [0.15, 0.2) is 18.1 Å². The van der Waals surface area contributed by atoms with Crippen LogP contribution < -0.4 is 20.6 Å². The van der Waals surface area contributed by atoms with Gasteiger partial charge in [-0.05, 0) is 67.4 Å². The standard InChI is InChI=1S/C23H27ClN4O4/c1-31-21-12-17(4-7-20(21)32-15-22(25)29)13-26-27-23(30)18-8-10-28(11-9-18)14-16-2-5-19(24)6-3-16/h2-7,12-13,18H,8-11,14-15H2,1H3,(H2,25,29)(H,27,30). The van der Waals surface area contributed by atoms with Crippen LogP contribution in [0, 0.1) is 5.92 Å². The van der Waals surface area contributed by atoms with Crippen molar-refractivity contribution in [2.24, 2.45) is 16.8 Å². The van der Waals surface area contributed by atoms with Gasteiger partial charge in [-0.2, -0.15) is 5.10 Å². The quantitative estimate of drug-likeness (QED) is 0.443. The molecule has 8 nitrogen and oxygen atoms in total. The largest absolute Gasteiger partial charge is 0.493 e. The first-order valence-electron chi connectivity index (χ1n) is 10.3. The number of carbonyl (C=O) groups excluding carboxylic acids is 2. The molecule has 1 heterocycles. The highest BCUT2D eigenvalue weighted by molar-refractivity contribution is 6.30. The van der Waals surface area contributed by atoms with Crippen LogP contribution in [0.4, 0.5) is 0 Å². The number of piperidine rings is 1. The monoisotopic (exact) mass is 458 g/mol. The molecular formula is C23H27ClN4O4. The van der Waals surface area contributed by atoms with E-state index >= 15 is 0 Å². The number of rotatable bonds is 9. The van der Waals surface area contributed by atoms with Crippen molar-refractivity contribution in [2.75, 3.05) is 26.8 Å². The fraction of sp³-hybridized carbons (Fsp3) is 0.348. The Kier molecular flexibility index (Phi) is 8.47. The topological polar surface area (TPSA) is 106 Å². The molecule has 0 unspecified atom stereocenters. The maximum absolute atomic E-state index is 12.5. The lowest BCUT2D eigenvalue weighted by Crippen LogP contribution is -2.39. The summed E-state index contributed by atoms with van der Waals surface area (Å²) in [7, 11) is 1.49. The summed E-state index contributed by atoms with van der Waals surface area (Å²) in [6.45, 7) is 2.33. The number of primary amides is 1. The number of hydrogen-bond acceptors (Lipinski definition) is 6. The number of methoxy groups -OCH3 is 1. The first-order valence-corrected chi connectivity index (χ1v) is 10.7. The normalized spacial score (nSPS) is 14.9. The van der Waals surface area contributed by atoms with Crippen LogP contribution in [-0.2, 0) is 16.1 Å². The van der Waals surface area contributed by atoms with E-state index in [0.717, 1.165) is 37.5 Å². The molecular weight excluding hydrogens is 432 g/mol. The van der Waals surface area contributed by atoms with E-state index in [1.807, 2.05) is 24.3 Å². The number of amides is 2. The highest BCUT2D eigenvalue weighted by Crippen LogP contribution is 2.27. The molecule has 3 N–H and O–H groups in total. The minimum Gasteiger partial charge on any atom is -0.493 e. The summed E-state index contributed by atoms with van der Waals surface area (Å²) in [5.41, 5.74) is 9.64. The van der Waals surface area contributed by atoms with Gasteiger partial charge in [-0.15, -0.1) is 0 Å². The third kappa shape index (κ3) is 6.96. The number of halogens is 1. The van der Waals surface area contributed by atoms with Crippen molar-refractivity contribution in [1.82, 2.24) is 10.3 Å². The molecule has 1 saturated heterocycles. The van der Waals surface area contributed by atoms with E-state index in [0.29, 0.717) is 17.1 Å². The van der Waals surface area contributed by atoms with E-state index in [9.17, 15) is 9.59 Å². The molecule has 0 aromatic heterocycles. The lowest BCUT2D eigenvalue weighted by molar-refractivity contribution is -0.126. The number of nitrogens with two attached hydrogens (primary N) is 1. The number of carbonyl (C=O) groups is 2. The Morgan fingerprint density at radius 1 is 1.19 bits per heavy atom. The fourth-order valence-electron chi connectivity index (χ4n) is 3.50. The molecule has 1 aliphatic heterocycles. The van der Waals surface area contributed by atoms with E-state index in [2.05, 4.69) is 15.4 Å². The van der Waals surface area contributed by atoms with Crippen LogP contribution in [0.1, 0.15) is 24.0 Å². The average molecular weight is 459 g/mol. The van der Waals surface area contributed by atoms with Crippen LogP contribution in [0.15, 0.2) is 47.6 Å². The van der Waals surface area contributed by atoms with Gasteiger partial charge in [0.2, 0.25) is 5.91 Å². The SMILES string of the molecule is COc1cc(C=NNC(=O)C2CCN(Cc3ccc(Cl)cc3)CC2)ccc1OCC(N)=O. The second kappa shape index (κ2) is 11.5. The first kappa shape index (κ1) is 23.6. The second-order valence-electron chi connectivity index (χ2n) is 7.58. The molecule has 0 saturated carbocycles. The van der Waals surface area contributed by atoms with Crippen LogP contribution in [0.25, 0.3) is 0 Å². The zero-order valence-electron chi connectivity index (χ0n) is 17.9. The van der Waals surface area contributed by atoms with Crippen LogP contribution in [0.3, 0.4) is 0 Å². The molecule has 2 amide bonds. The van der Waals surface area contributed by atoms with Gasteiger partial charge in [-0.25, -0.2) is 5.43 Å². The zero-order chi connectivity index (χ0) is 22.9. The third-order valence-corrected chi connectivity index (χ3v) is 5.48. The Bertz CT molecular complexity index is 957. The lowest BCUT2D eigenvalue weighted by atomic mass is 9.96. The second-order valence-corrected chi connectivity index (χ2v) is 8.01. The van der Waals surface area contributed by atoms with Gasteiger partial charge in [0.1, 0.15) is 0 Å². The maximum Gasteiger partial charge on any atom is 0.255 e. The number of nitrogens with zero attached hydrogens (tertiary/aromatic N) is 2. The minimum atomic E-state index is -0.573. The van der Waals surface area contributed by atoms with Gasteiger partial charge in [-0.3, -0.25) is 14.5 Å². The Morgan fingerprint density at radius 3 is 2.56 bits per heavy atom. The van der Waals surface area contributed by atoms with Crippen molar-refractivity contribution in [3.8, 4) is 11.5 Å². The van der Waals surface area contributed by atoms with Gasteiger partial charge in [-0.1, -0.05) is 23.7 Å². The summed E-state index contributed by atoms with van der Waals surface area (Å²) in [5.74, 6) is 0.122. The minimum absolute atomic E-state index is 0.0623. The van der Waals surface area contributed by atoms with Crippen LogP contribution >= 0.6 is 11.6 Å². The summed E-state index contributed by atoms with van der Waals surface area (Å²) >= 11 is 5.94. The van der Waals surface area contributed by atoms with E-state index in [4.69, 9.17) is 26.8 Å². The Balaban J connectivity index is 1.46. The van der Waals surface area contributed by atoms with Crippen molar-refractivity contribution in [2.45, 2.75) is 19.4 Å². The molecule has 32 heavy (non-hydrogen) atoms. The third-order valence-electron chi connectivity index (χ3n) is 5.22. The molecule has 0 radical (unpaired) electrons. The molecule has 2 aromatic carbocycles. The number of hydrogen-bond donors (Lipinski definition) is 2. The van der Waals surface area contributed by atoms with Crippen molar-refractivity contribution in [1.29, 1.82) is 0 Å². The first-order chi connectivity index (χ1) is 15.4. The van der Waals surface area contributed by atoms with E-state index in [1.165, 1.54) is 18.9 Å². The molecule has 9 heteroatoms. The summed E-state index contributed by atoms with van der Waals surface area (Å²) in [6, 6.07) is 12.9. The summed E-state index contributed by atoms with van der Waals surface area (Å²) in [5, 5.41) is 4.80. The number of benzene rings is 2. The fourth-order valence-corrected chi connectivity index (χ4v) is 3.62. The molecule has 170 valence electrons. The van der Waals surface area contributed by atoms with Gasteiger partial charge in [0.05, 0.1) is 13.3 Å². The Hall–Kier alpha value is -3.10. The molecule has 3 rings (SSSR count). The Morgan fingerprint density at radius 2 is 1.91 bits per heavy atom. The molecule has 2 aromatic rings. The van der Waals surface area contributed by atoms with Crippen molar-refractivity contribution in [3.05, 3.63) is 58.6 Å². The number of hydrazone groups is 1. The zero-order valence-corrected chi connectivity index (χ0v) is 18.7. The van der Waals surface area contributed by atoms with Crippen molar-refractivity contribution >= 4 is 29.6 Å². The highest BCUT2D eigenvalue weighted by Gasteiger charge is 2.24. The molecule has 0 bridgehead atoms. The molecule has 1 fully saturated rings. The number of nitrogens with one attached hydrogen (secondary N) is 1. The van der Waals surface area contributed by atoms with Crippen molar-refractivity contribution < 1.29 is 19.1 Å². The highest BCUT2D eigenvalue weighted by atomic mass is 35.5. The maximum atomic E-state index is 12.5. The van der Waals surface area contributed by atoms with Gasteiger partial charge in [0.25, 0.3) is 5.91 Å². The predicted molar refractivity (Wildman–Crippen MR) is 123 cm³/mol. The summed E-state index contributed by atoms with van der Waals surface area (Å²) in [4.78, 5) is 25.7. The Labute approximate surface area is 192 Å².